The smallest absolute Gasteiger partial charge is 0.270 e. The molecule has 0 spiro atoms. The van der Waals surface area contributed by atoms with E-state index in [0.29, 0.717) is 48.3 Å². The number of halogens is 1. The number of benzene rings is 2. The van der Waals surface area contributed by atoms with Gasteiger partial charge in [-0.2, -0.15) is 0 Å². The molecule has 2 aromatic carbocycles. The van der Waals surface area contributed by atoms with E-state index in [9.17, 15) is 13.2 Å². The van der Waals surface area contributed by atoms with Crippen LogP contribution in [0.25, 0.3) is 10.9 Å². The third-order valence-corrected chi connectivity index (χ3v) is 7.03. The number of aromatic nitrogens is 1. The van der Waals surface area contributed by atoms with Crippen molar-refractivity contribution >= 4 is 38.4 Å². The summed E-state index contributed by atoms with van der Waals surface area (Å²) in [6, 6.07) is 13.2. The standard InChI is InChI=1S/C23H23ClN2O5S/c1-3-30-19-10-8-15(2)14-17(19)23(12-5-13-31-23)22(27)26-32(28,29)20-7-4-6-18-16(20)9-11-21(24)25-18/h4,6-11,14H,3,5,12-13H2,1-2H3,(H,26,27)/t23-/m1/s1. The van der Waals surface area contributed by atoms with Gasteiger partial charge in [-0.3, -0.25) is 4.79 Å². The molecule has 1 aromatic heterocycles. The summed E-state index contributed by atoms with van der Waals surface area (Å²) in [7, 11) is -4.22. The minimum atomic E-state index is -4.22. The molecule has 168 valence electrons. The summed E-state index contributed by atoms with van der Waals surface area (Å²) in [5.41, 5.74) is 0.384. The number of sulfonamides is 1. The van der Waals surface area contributed by atoms with Crippen LogP contribution in [-0.2, 0) is 25.2 Å². The fourth-order valence-corrected chi connectivity index (χ4v) is 5.38. The Balaban J connectivity index is 1.76. The van der Waals surface area contributed by atoms with E-state index < -0.39 is 21.5 Å². The van der Waals surface area contributed by atoms with Crippen LogP contribution in [0.4, 0.5) is 0 Å². The lowest BCUT2D eigenvalue weighted by molar-refractivity contribution is -0.140. The first-order valence-electron chi connectivity index (χ1n) is 10.3. The van der Waals surface area contributed by atoms with Crippen molar-refractivity contribution in [2.24, 2.45) is 0 Å². The van der Waals surface area contributed by atoms with E-state index in [-0.39, 0.29) is 10.0 Å². The van der Waals surface area contributed by atoms with E-state index in [4.69, 9.17) is 21.1 Å². The van der Waals surface area contributed by atoms with Crippen LogP contribution in [0, 0.1) is 6.92 Å². The molecule has 1 fully saturated rings. The molecule has 32 heavy (non-hydrogen) atoms. The molecule has 1 atom stereocenters. The summed E-state index contributed by atoms with van der Waals surface area (Å²) < 4.78 is 40.4. The van der Waals surface area contributed by atoms with Crippen molar-refractivity contribution in [1.82, 2.24) is 9.71 Å². The monoisotopic (exact) mass is 474 g/mol. The SMILES string of the molecule is CCOc1ccc(C)cc1[C@@]1(C(=O)NS(=O)(=O)c2cccc3nc(Cl)ccc23)CCCO1. The highest BCUT2D eigenvalue weighted by Gasteiger charge is 2.48. The first-order valence-corrected chi connectivity index (χ1v) is 12.1. The fourth-order valence-electron chi connectivity index (χ4n) is 3.99. The van der Waals surface area contributed by atoms with Crippen LogP contribution >= 0.6 is 11.6 Å². The minimum Gasteiger partial charge on any atom is -0.493 e. The molecular formula is C23H23ClN2O5S. The molecule has 1 aliphatic rings. The maximum atomic E-state index is 13.5. The van der Waals surface area contributed by atoms with E-state index in [1.54, 1.807) is 24.3 Å². The maximum Gasteiger partial charge on any atom is 0.270 e. The van der Waals surface area contributed by atoms with Crippen molar-refractivity contribution in [1.29, 1.82) is 0 Å². The van der Waals surface area contributed by atoms with Gasteiger partial charge in [0.1, 0.15) is 10.9 Å². The van der Waals surface area contributed by atoms with Crippen LogP contribution < -0.4 is 9.46 Å². The Labute approximate surface area is 191 Å². The molecule has 0 radical (unpaired) electrons. The van der Waals surface area contributed by atoms with Crippen LogP contribution in [0.3, 0.4) is 0 Å². The highest BCUT2D eigenvalue weighted by Crippen LogP contribution is 2.42. The van der Waals surface area contributed by atoms with Crippen molar-refractivity contribution < 1.29 is 22.7 Å². The normalized spacial score (nSPS) is 18.6. The number of carbonyl (C=O) groups excluding carboxylic acids is 1. The van der Waals surface area contributed by atoms with Gasteiger partial charge < -0.3 is 9.47 Å². The van der Waals surface area contributed by atoms with Crippen molar-refractivity contribution in [2.45, 2.75) is 37.2 Å². The molecule has 3 aromatic rings. The van der Waals surface area contributed by atoms with Gasteiger partial charge in [-0.15, -0.1) is 0 Å². The Kier molecular flexibility index (Phi) is 6.11. The molecule has 7 nitrogen and oxygen atoms in total. The minimum absolute atomic E-state index is 0.0602. The Hall–Kier alpha value is -2.68. The van der Waals surface area contributed by atoms with Crippen molar-refractivity contribution in [3.8, 4) is 5.75 Å². The van der Waals surface area contributed by atoms with Gasteiger partial charge in [0.25, 0.3) is 15.9 Å². The van der Waals surface area contributed by atoms with Gasteiger partial charge in [0, 0.05) is 17.6 Å². The summed E-state index contributed by atoms with van der Waals surface area (Å²) in [6.45, 7) is 4.48. The average Bonchev–Trinajstić information content (AvgIpc) is 3.25. The Morgan fingerprint density at radius 1 is 1.25 bits per heavy atom. The molecule has 1 saturated heterocycles. The average molecular weight is 475 g/mol. The lowest BCUT2D eigenvalue weighted by Crippen LogP contribution is -2.46. The first-order chi connectivity index (χ1) is 15.3. The summed E-state index contributed by atoms with van der Waals surface area (Å²) in [6.07, 6.45) is 0.953. The van der Waals surface area contributed by atoms with E-state index in [2.05, 4.69) is 9.71 Å². The third-order valence-electron chi connectivity index (χ3n) is 5.43. The lowest BCUT2D eigenvalue weighted by atomic mass is 9.88. The third kappa shape index (κ3) is 4.05. The number of ether oxygens (including phenoxy) is 2. The van der Waals surface area contributed by atoms with Gasteiger partial charge in [-0.25, -0.2) is 18.1 Å². The number of amides is 1. The summed E-state index contributed by atoms with van der Waals surface area (Å²) >= 11 is 5.94. The predicted molar refractivity (Wildman–Crippen MR) is 121 cm³/mol. The zero-order valence-corrected chi connectivity index (χ0v) is 19.3. The Morgan fingerprint density at radius 2 is 2.06 bits per heavy atom. The van der Waals surface area contributed by atoms with Gasteiger partial charge in [-0.1, -0.05) is 29.3 Å². The maximum absolute atomic E-state index is 13.5. The summed E-state index contributed by atoms with van der Waals surface area (Å²) in [5, 5.41) is 0.612. The molecule has 0 saturated carbocycles. The largest absolute Gasteiger partial charge is 0.493 e. The second-order valence-corrected chi connectivity index (χ2v) is 9.64. The van der Waals surface area contributed by atoms with Gasteiger partial charge in [0.2, 0.25) is 0 Å². The summed E-state index contributed by atoms with van der Waals surface area (Å²) in [5.74, 6) is -0.253. The second kappa shape index (κ2) is 8.69. The number of pyridine rings is 1. The van der Waals surface area contributed by atoms with Gasteiger partial charge in [0.15, 0.2) is 5.60 Å². The van der Waals surface area contributed by atoms with Gasteiger partial charge >= 0.3 is 0 Å². The molecule has 1 amide bonds. The number of rotatable bonds is 6. The quantitative estimate of drug-likeness (QED) is 0.540. The number of fused-ring (bicyclic) bond motifs is 1. The number of hydrogen-bond donors (Lipinski definition) is 1. The van der Waals surface area contributed by atoms with Crippen molar-refractivity contribution in [3.05, 3.63) is 64.8 Å². The van der Waals surface area contributed by atoms with Crippen molar-refractivity contribution in [2.75, 3.05) is 13.2 Å². The molecule has 1 N–H and O–H groups in total. The highest BCUT2D eigenvalue weighted by atomic mass is 35.5. The van der Waals surface area contributed by atoms with Crippen LogP contribution in [0.2, 0.25) is 5.15 Å². The number of nitrogens with one attached hydrogen (secondary N) is 1. The Morgan fingerprint density at radius 3 is 2.78 bits per heavy atom. The van der Waals surface area contributed by atoms with Gasteiger partial charge in [0.05, 0.1) is 17.0 Å². The van der Waals surface area contributed by atoms with Crippen LogP contribution in [0.15, 0.2) is 53.4 Å². The molecule has 0 bridgehead atoms. The van der Waals surface area contributed by atoms with Crippen LogP contribution in [0.1, 0.15) is 30.9 Å². The Bertz CT molecular complexity index is 1290. The van der Waals surface area contributed by atoms with E-state index >= 15 is 0 Å². The molecule has 9 heteroatoms. The molecular weight excluding hydrogens is 452 g/mol. The zero-order chi connectivity index (χ0) is 22.9. The van der Waals surface area contributed by atoms with Crippen LogP contribution in [-0.4, -0.2) is 32.5 Å². The molecule has 4 rings (SSSR count). The second-order valence-electron chi connectivity index (χ2n) is 7.60. The van der Waals surface area contributed by atoms with Gasteiger partial charge in [-0.05, 0) is 63.1 Å². The van der Waals surface area contributed by atoms with E-state index in [1.165, 1.54) is 12.1 Å². The zero-order valence-electron chi connectivity index (χ0n) is 17.7. The van der Waals surface area contributed by atoms with Crippen molar-refractivity contribution in [3.63, 3.8) is 0 Å². The highest BCUT2D eigenvalue weighted by molar-refractivity contribution is 7.90. The summed E-state index contributed by atoms with van der Waals surface area (Å²) in [4.78, 5) is 17.6. The van der Waals surface area contributed by atoms with E-state index in [0.717, 1.165) is 5.56 Å². The number of carbonyl (C=O) groups is 1. The predicted octanol–water partition coefficient (Wildman–Crippen LogP) is 4.11. The first kappa shape index (κ1) is 22.5. The number of nitrogens with zero attached hydrogens (tertiary/aromatic N) is 1. The number of aryl methyl sites for hydroxylation is 1. The molecule has 2 heterocycles. The fraction of sp³-hybridized carbons (Fsp3) is 0.304. The lowest BCUT2D eigenvalue weighted by Gasteiger charge is -2.29. The molecule has 0 aliphatic carbocycles. The van der Waals surface area contributed by atoms with E-state index in [1.807, 2.05) is 26.0 Å². The number of hydrogen-bond acceptors (Lipinski definition) is 6. The topological polar surface area (TPSA) is 94.6 Å². The molecule has 1 aliphatic heterocycles. The van der Waals surface area contributed by atoms with Crippen LogP contribution in [0.5, 0.6) is 5.75 Å². The molecule has 0 unspecified atom stereocenters.